The van der Waals surface area contributed by atoms with Gasteiger partial charge in [-0.25, -0.2) is 0 Å². The van der Waals surface area contributed by atoms with E-state index in [-0.39, 0.29) is 0 Å². The summed E-state index contributed by atoms with van der Waals surface area (Å²) in [6, 6.07) is 0. The van der Waals surface area contributed by atoms with Gasteiger partial charge in [0.05, 0.1) is 6.10 Å². The summed E-state index contributed by atoms with van der Waals surface area (Å²) >= 11 is 0. The van der Waals surface area contributed by atoms with Crippen LogP contribution in [0.4, 0.5) is 0 Å². The zero-order valence-corrected chi connectivity index (χ0v) is 19.9. The van der Waals surface area contributed by atoms with Gasteiger partial charge in [0.1, 0.15) is 12.2 Å². The summed E-state index contributed by atoms with van der Waals surface area (Å²) in [6.07, 6.45) is 11.1. The number of aliphatic hydroxyl groups excluding tert-OH is 4. The molecule has 0 saturated carbocycles. The number of hydrogen-bond acceptors (Lipinski definition) is 6. The Balaban J connectivity index is 3.37. The molecule has 0 aromatic carbocycles. The van der Waals surface area contributed by atoms with E-state index in [2.05, 4.69) is 5.32 Å². The molecule has 0 saturated heterocycles. The number of aliphatic hydroxyl groups is 4. The molecule has 0 aliphatic carbocycles. The molecule has 32 heavy (non-hydrogen) atoms. The number of carboxylic acid groups (broad SMARTS) is 1. The lowest BCUT2D eigenvalue weighted by Crippen LogP contribution is -2.50. The predicted octanol–water partition coefficient (Wildman–Crippen LogP) is 2.89. The van der Waals surface area contributed by atoms with E-state index in [1.807, 2.05) is 0 Å². The molecular formula is C24H47NO7. The van der Waals surface area contributed by atoms with Gasteiger partial charge in [-0.1, -0.05) is 83.5 Å². The first-order valence-electron chi connectivity index (χ1n) is 12.5. The van der Waals surface area contributed by atoms with E-state index >= 15 is 0 Å². The molecule has 0 aromatic heterocycles. The van der Waals surface area contributed by atoms with E-state index in [4.69, 9.17) is 5.11 Å². The van der Waals surface area contributed by atoms with Crippen LogP contribution >= 0.6 is 0 Å². The molecule has 190 valence electrons. The smallest absolute Gasteiger partial charge is 0.303 e. The Morgan fingerprint density at radius 1 is 0.625 bits per heavy atom. The van der Waals surface area contributed by atoms with Crippen LogP contribution in [0.1, 0.15) is 110 Å². The van der Waals surface area contributed by atoms with E-state index in [9.17, 15) is 30.0 Å². The fourth-order valence-electron chi connectivity index (χ4n) is 3.64. The first-order chi connectivity index (χ1) is 15.3. The average molecular weight is 462 g/mol. The largest absolute Gasteiger partial charge is 0.481 e. The zero-order valence-electron chi connectivity index (χ0n) is 19.9. The van der Waals surface area contributed by atoms with Gasteiger partial charge in [-0.2, -0.15) is 0 Å². The molecule has 0 radical (unpaired) electrons. The van der Waals surface area contributed by atoms with Crippen LogP contribution in [0.2, 0.25) is 0 Å². The van der Waals surface area contributed by atoms with Crippen LogP contribution in [0.25, 0.3) is 0 Å². The quantitative estimate of drug-likeness (QED) is 0.136. The summed E-state index contributed by atoms with van der Waals surface area (Å²) < 4.78 is 0. The van der Waals surface area contributed by atoms with E-state index in [0.29, 0.717) is 13.0 Å². The minimum Gasteiger partial charge on any atom is -0.481 e. The molecule has 0 aliphatic heterocycles. The standard InChI is InChI=1S/C24H47NO7/c1-19(26)21(29)22(30)23(31)24(32)25-18-16-14-12-10-8-6-4-2-3-5-7-9-11-13-15-17-20(27)28/h19,21-23,26,29-31H,2-18H2,1H3,(H,25,32)(H,27,28)/t19-,21-,22+,23-/m1/s1. The second kappa shape index (κ2) is 20.4. The van der Waals surface area contributed by atoms with Crippen LogP contribution in [0, 0.1) is 0 Å². The van der Waals surface area contributed by atoms with Gasteiger partial charge in [0.25, 0.3) is 5.91 Å². The Morgan fingerprint density at radius 2 is 1.00 bits per heavy atom. The lowest BCUT2D eigenvalue weighted by molar-refractivity contribution is -0.145. The number of nitrogens with one attached hydrogen (secondary N) is 1. The Hall–Kier alpha value is -1.22. The summed E-state index contributed by atoms with van der Waals surface area (Å²) in [5, 5.41) is 49.2. The van der Waals surface area contributed by atoms with Crippen LogP contribution in [0.3, 0.4) is 0 Å². The molecule has 0 aromatic rings. The minimum absolute atomic E-state index is 0.295. The predicted molar refractivity (Wildman–Crippen MR) is 124 cm³/mol. The third-order valence-electron chi connectivity index (χ3n) is 5.80. The highest BCUT2D eigenvalue weighted by molar-refractivity contribution is 5.81. The molecule has 4 atom stereocenters. The second-order valence-electron chi connectivity index (χ2n) is 8.90. The Morgan fingerprint density at radius 3 is 1.38 bits per heavy atom. The lowest BCUT2D eigenvalue weighted by Gasteiger charge is -2.24. The first kappa shape index (κ1) is 30.8. The number of amides is 1. The third-order valence-corrected chi connectivity index (χ3v) is 5.80. The second-order valence-corrected chi connectivity index (χ2v) is 8.90. The maximum atomic E-state index is 11.8. The maximum Gasteiger partial charge on any atom is 0.303 e. The fraction of sp³-hybridized carbons (Fsp3) is 0.917. The van der Waals surface area contributed by atoms with Crippen molar-refractivity contribution in [2.45, 2.75) is 134 Å². The fourth-order valence-corrected chi connectivity index (χ4v) is 3.64. The van der Waals surface area contributed by atoms with Crippen molar-refractivity contribution >= 4 is 11.9 Å². The molecule has 0 unspecified atom stereocenters. The number of rotatable bonds is 22. The van der Waals surface area contributed by atoms with Crippen molar-refractivity contribution in [3.05, 3.63) is 0 Å². The van der Waals surface area contributed by atoms with E-state index < -0.39 is 36.3 Å². The van der Waals surface area contributed by atoms with Gasteiger partial charge in [0, 0.05) is 13.0 Å². The number of aliphatic carboxylic acids is 1. The molecule has 0 rings (SSSR count). The normalized spacial score (nSPS) is 15.2. The zero-order chi connectivity index (χ0) is 24.2. The molecule has 6 N–H and O–H groups in total. The van der Waals surface area contributed by atoms with Crippen molar-refractivity contribution in [1.29, 1.82) is 0 Å². The van der Waals surface area contributed by atoms with Gasteiger partial charge in [-0.05, 0) is 19.8 Å². The van der Waals surface area contributed by atoms with Crippen LogP contribution < -0.4 is 5.32 Å². The van der Waals surface area contributed by atoms with Gasteiger partial charge in [0.15, 0.2) is 6.10 Å². The Labute approximate surface area is 193 Å². The summed E-state index contributed by atoms with van der Waals surface area (Å²) in [7, 11) is 0. The van der Waals surface area contributed by atoms with Crippen LogP contribution in [0.15, 0.2) is 0 Å². The average Bonchev–Trinajstić information content (AvgIpc) is 2.76. The van der Waals surface area contributed by atoms with Crippen LogP contribution in [0.5, 0.6) is 0 Å². The maximum absolute atomic E-state index is 11.8. The van der Waals surface area contributed by atoms with Crippen LogP contribution in [-0.4, -0.2) is 68.4 Å². The molecule has 0 aliphatic rings. The van der Waals surface area contributed by atoms with Gasteiger partial charge in [-0.3, -0.25) is 9.59 Å². The molecule has 0 fully saturated rings. The van der Waals surface area contributed by atoms with Gasteiger partial charge in [-0.15, -0.1) is 0 Å². The summed E-state index contributed by atoms with van der Waals surface area (Å²) in [5.41, 5.74) is 0. The van der Waals surface area contributed by atoms with Gasteiger partial charge in [0.2, 0.25) is 0 Å². The van der Waals surface area contributed by atoms with E-state index in [1.165, 1.54) is 64.7 Å². The van der Waals surface area contributed by atoms with Crippen molar-refractivity contribution in [1.82, 2.24) is 5.32 Å². The highest BCUT2D eigenvalue weighted by Crippen LogP contribution is 2.13. The van der Waals surface area contributed by atoms with Crippen molar-refractivity contribution in [2.24, 2.45) is 0 Å². The summed E-state index contributed by atoms with van der Waals surface area (Å²) in [5.74, 6) is -1.44. The van der Waals surface area contributed by atoms with E-state index in [0.717, 1.165) is 38.5 Å². The molecule has 8 nitrogen and oxygen atoms in total. The van der Waals surface area contributed by atoms with Crippen LogP contribution in [-0.2, 0) is 9.59 Å². The molecule has 0 heterocycles. The molecular weight excluding hydrogens is 414 g/mol. The van der Waals surface area contributed by atoms with Gasteiger partial charge < -0.3 is 30.8 Å². The lowest BCUT2D eigenvalue weighted by atomic mass is 10.0. The molecule has 8 heteroatoms. The molecule has 0 spiro atoms. The number of carbonyl (C=O) groups is 2. The molecule has 0 bridgehead atoms. The summed E-state index contributed by atoms with van der Waals surface area (Å²) in [6.45, 7) is 1.68. The first-order valence-corrected chi connectivity index (χ1v) is 12.5. The van der Waals surface area contributed by atoms with Crippen molar-refractivity contribution in [3.63, 3.8) is 0 Å². The summed E-state index contributed by atoms with van der Waals surface area (Å²) in [4.78, 5) is 22.2. The Bertz CT molecular complexity index is 473. The number of carbonyl (C=O) groups excluding carboxylic acids is 1. The number of carboxylic acids is 1. The van der Waals surface area contributed by atoms with Gasteiger partial charge >= 0.3 is 5.97 Å². The highest BCUT2D eigenvalue weighted by Gasteiger charge is 2.32. The highest BCUT2D eigenvalue weighted by atomic mass is 16.4. The van der Waals surface area contributed by atoms with Crippen molar-refractivity contribution in [3.8, 4) is 0 Å². The Kier molecular flexibility index (Phi) is 19.6. The molecule has 1 amide bonds. The number of unbranched alkanes of at least 4 members (excludes halogenated alkanes) is 14. The van der Waals surface area contributed by atoms with E-state index in [1.54, 1.807) is 0 Å². The third kappa shape index (κ3) is 17.3. The van der Waals surface area contributed by atoms with Crippen molar-refractivity contribution < 1.29 is 35.1 Å². The topological polar surface area (TPSA) is 147 Å². The number of hydrogen-bond donors (Lipinski definition) is 6. The minimum atomic E-state index is -1.76. The monoisotopic (exact) mass is 461 g/mol. The van der Waals surface area contributed by atoms with Crippen molar-refractivity contribution in [2.75, 3.05) is 6.54 Å². The SMILES string of the molecule is C[C@@H](O)[C@@H](O)[C@H](O)[C@@H](O)C(=O)NCCCCCCCCCCCCCCCCCC(=O)O.